The summed E-state index contributed by atoms with van der Waals surface area (Å²) >= 11 is 0. The molecule has 1 N–H and O–H groups in total. The van der Waals surface area contributed by atoms with Crippen molar-refractivity contribution in [3.63, 3.8) is 0 Å². The van der Waals surface area contributed by atoms with E-state index in [-0.39, 0.29) is 24.8 Å². The molecule has 86 valence electrons. The molecule has 0 unspecified atom stereocenters. The number of fused-ring (bicyclic) bond motifs is 1. The quantitative estimate of drug-likeness (QED) is 0.822. The van der Waals surface area contributed by atoms with Crippen LogP contribution in [0.4, 0.5) is 0 Å². The molecule has 15 heavy (non-hydrogen) atoms. The van der Waals surface area contributed by atoms with Crippen molar-refractivity contribution in [3.05, 3.63) is 11.6 Å². The van der Waals surface area contributed by atoms with E-state index < -0.39 is 0 Å². The maximum absolute atomic E-state index is 4.29. The molecule has 0 amide bonds. The van der Waals surface area contributed by atoms with Gasteiger partial charge in [0.05, 0.1) is 6.54 Å². The summed E-state index contributed by atoms with van der Waals surface area (Å²) in [5.41, 5.74) is 0. The summed E-state index contributed by atoms with van der Waals surface area (Å²) in [6, 6.07) is 0. The first-order valence-corrected chi connectivity index (χ1v) is 5.08. The van der Waals surface area contributed by atoms with Gasteiger partial charge in [-0.15, -0.1) is 35.0 Å². The predicted molar refractivity (Wildman–Crippen MR) is 62.8 cm³/mol. The molecule has 2 heterocycles. The Kier molecular flexibility index (Phi) is 4.37. The van der Waals surface area contributed by atoms with Crippen LogP contribution in [-0.4, -0.2) is 21.3 Å². The van der Waals surface area contributed by atoms with Crippen LogP contribution in [0.2, 0.25) is 0 Å². The van der Waals surface area contributed by atoms with Crippen molar-refractivity contribution in [2.75, 3.05) is 6.54 Å². The van der Waals surface area contributed by atoms with Gasteiger partial charge in [-0.25, -0.2) is 0 Å². The largest absolute Gasteiger partial charge is 0.312 e. The average Bonchev–Trinajstić information content (AvgIpc) is 2.47. The van der Waals surface area contributed by atoms with Gasteiger partial charge >= 0.3 is 0 Å². The van der Waals surface area contributed by atoms with Gasteiger partial charge in [0.1, 0.15) is 11.6 Å². The summed E-state index contributed by atoms with van der Waals surface area (Å²) in [6.07, 6.45) is 3.99. The average molecular weight is 251 g/mol. The Balaban J connectivity index is 0.000000562. The van der Waals surface area contributed by atoms with Crippen LogP contribution in [-0.2, 0) is 13.1 Å². The first-order valence-electron chi connectivity index (χ1n) is 5.08. The van der Waals surface area contributed by atoms with Crippen molar-refractivity contribution < 1.29 is 0 Å². The van der Waals surface area contributed by atoms with E-state index in [1.165, 1.54) is 25.1 Å². The van der Waals surface area contributed by atoms with Crippen LogP contribution in [0.3, 0.4) is 0 Å². The number of nitrogens with one attached hydrogen (secondary N) is 1. The van der Waals surface area contributed by atoms with E-state index in [0.717, 1.165) is 25.5 Å². The van der Waals surface area contributed by atoms with Crippen molar-refractivity contribution in [2.45, 2.75) is 38.3 Å². The van der Waals surface area contributed by atoms with Gasteiger partial charge in [0.25, 0.3) is 0 Å². The lowest BCUT2D eigenvalue weighted by Gasteiger charge is -2.26. The molecule has 1 aromatic heterocycles. The van der Waals surface area contributed by atoms with E-state index in [0.29, 0.717) is 5.92 Å². The van der Waals surface area contributed by atoms with E-state index >= 15 is 0 Å². The fourth-order valence-electron chi connectivity index (χ4n) is 2.08. The molecule has 2 aliphatic rings. The van der Waals surface area contributed by atoms with Gasteiger partial charge in [-0.05, 0) is 12.8 Å². The molecule has 0 spiro atoms. The molecular weight excluding hydrogens is 235 g/mol. The minimum atomic E-state index is 0. The third-order valence-electron chi connectivity index (χ3n) is 3.12. The van der Waals surface area contributed by atoms with Crippen LogP contribution < -0.4 is 5.32 Å². The SMILES string of the molecule is C1CC(c2nnc3n2CCNC3)C1.Cl.Cl. The molecule has 0 radical (unpaired) electrons. The van der Waals surface area contributed by atoms with Crippen LogP contribution in [0.1, 0.15) is 36.8 Å². The number of hydrogen-bond acceptors (Lipinski definition) is 3. The molecule has 0 aromatic carbocycles. The smallest absolute Gasteiger partial charge is 0.147 e. The summed E-state index contributed by atoms with van der Waals surface area (Å²) in [4.78, 5) is 0. The topological polar surface area (TPSA) is 42.7 Å². The Hall–Kier alpha value is -0.320. The second kappa shape index (κ2) is 5.14. The monoisotopic (exact) mass is 250 g/mol. The summed E-state index contributed by atoms with van der Waals surface area (Å²) in [7, 11) is 0. The van der Waals surface area contributed by atoms with Crippen LogP contribution in [0.5, 0.6) is 0 Å². The molecule has 1 aromatic rings. The lowest BCUT2D eigenvalue weighted by Crippen LogP contribution is -2.30. The Bertz CT molecular complexity index is 322. The zero-order valence-electron chi connectivity index (χ0n) is 8.48. The Morgan fingerprint density at radius 3 is 2.67 bits per heavy atom. The molecule has 0 bridgehead atoms. The van der Waals surface area contributed by atoms with Crippen LogP contribution in [0.15, 0.2) is 0 Å². The fraction of sp³-hybridized carbons (Fsp3) is 0.778. The molecule has 1 aliphatic carbocycles. The van der Waals surface area contributed by atoms with E-state index in [2.05, 4.69) is 20.1 Å². The molecule has 6 heteroatoms. The molecular formula is C9H16Cl2N4. The molecule has 0 saturated heterocycles. The summed E-state index contributed by atoms with van der Waals surface area (Å²) < 4.78 is 2.31. The highest BCUT2D eigenvalue weighted by Crippen LogP contribution is 2.35. The van der Waals surface area contributed by atoms with Gasteiger partial charge < -0.3 is 9.88 Å². The van der Waals surface area contributed by atoms with Gasteiger partial charge in [0.15, 0.2) is 0 Å². The first-order chi connectivity index (χ1) is 6.45. The number of rotatable bonds is 1. The van der Waals surface area contributed by atoms with Gasteiger partial charge in [-0.2, -0.15) is 0 Å². The van der Waals surface area contributed by atoms with Crippen molar-refractivity contribution in [2.24, 2.45) is 0 Å². The second-order valence-corrected chi connectivity index (χ2v) is 3.93. The highest BCUT2D eigenvalue weighted by atomic mass is 35.5. The maximum Gasteiger partial charge on any atom is 0.147 e. The van der Waals surface area contributed by atoms with Crippen molar-refractivity contribution in [1.82, 2.24) is 20.1 Å². The van der Waals surface area contributed by atoms with E-state index in [4.69, 9.17) is 0 Å². The van der Waals surface area contributed by atoms with Crippen molar-refractivity contribution in [1.29, 1.82) is 0 Å². The fourth-order valence-corrected chi connectivity index (χ4v) is 2.08. The van der Waals surface area contributed by atoms with Gasteiger partial charge in [-0.3, -0.25) is 0 Å². The Labute approximate surface area is 102 Å². The summed E-state index contributed by atoms with van der Waals surface area (Å²) in [5.74, 6) is 3.07. The molecule has 1 aliphatic heterocycles. The highest BCUT2D eigenvalue weighted by Gasteiger charge is 2.27. The van der Waals surface area contributed by atoms with Gasteiger partial charge in [-0.1, -0.05) is 6.42 Å². The standard InChI is InChI=1S/C9H14N4.2ClH/c1-2-7(3-1)9-12-11-8-6-10-4-5-13(8)9;;/h7,10H,1-6H2;2*1H. The number of hydrogen-bond donors (Lipinski definition) is 1. The normalized spacial score (nSPS) is 19.5. The maximum atomic E-state index is 4.29. The molecule has 1 saturated carbocycles. The van der Waals surface area contributed by atoms with Crippen LogP contribution in [0.25, 0.3) is 0 Å². The third-order valence-corrected chi connectivity index (χ3v) is 3.12. The molecule has 1 fully saturated rings. The highest BCUT2D eigenvalue weighted by molar-refractivity contribution is 5.85. The first kappa shape index (κ1) is 12.7. The third kappa shape index (κ3) is 2.12. The molecule has 4 nitrogen and oxygen atoms in total. The molecule has 3 rings (SSSR count). The summed E-state index contributed by atoms with van der Waals surface area (Å²) in [5, 5.41) is 11.8. The lowest BCUT2D eigenvalue weighted by molar-refractivity contribution is 0.376. The lowest BCUT2D eigenvalue weighted by atomic mass is 9.85. The number of nitrogens with zero attached hydrogens (tertiary/aromatic N) is 3. The van der Waals surface area contributed by atoms with Gasteiger partial charge in [0.2, 0.25) is 0 Å². The second-order valence-electron chi connectivity index (χ2n) is 3.93. The zero-order valence-corrected chi connectivity index (χ0v) is 10.1. The minimum absolute atomic E-state index is 0. The van der Waals surface area contributed by atoms with Crippen LogP contribution >= 0.6 is 24.8 Å². The van der Waals surface area contributed by atoms with E-state index in [9.17, 15) is 0 Å². The van der Waals surface area contributed by atoms with Crippen LogP contribution in [0, 0.1) is 0 Å². The number of halogens is 2. The Morgan fingerprint density at radius 1 is 1.20 bits per heavy atom. The van der Waals surface area contributed by atoms with Gasteiger partial charge in [0, 0.05) is 19.0 Å². The van der Waals surface area contributed by atoms with E-state index in [1.54, 1.807) is 0 Å². The zero-order chi connectivity index (χ0) is 8.67. The Morgan fingerprint density at radius 2 is 2.00 bits per heavy atom. The van der Waals surface area contributed by atoms with Crippen molar-refractivity contribution >= 4 is 24.8 Å². The van der Waals surface area contributed by atoms with E-state index in [1.807, 2.05) is 0 Å². The summed E-state index contributed by atoms with van der Waals surface area (Å²) in [6.45, 7) is 3.00. The predicted octanol–water partition coefficient (Wildman–Crippen LogP) is 1.49. The minimum Gasteiger partial charge on any atom is -0.312 e. The molecule has 0 atom stereocenters. The number of aromatic nitrogens is 3. The van der Waals surface area contributed by atoms with Crippen molar-refractivity contribution in [3.8, 4) is 0 Å².